The molecule has 0 bridgehead atoms. The van der Waals surface area contributed by atoms with Gasteiger partial charge in [0.2, 0.25) is 0 Å². The molecule has 0 radical (unpaired) electrons. The predicted molar refractivity (Wildman–Crippen MR) is 124 cm³/mol. The summed E-state index contributed by atoms with van der Waals surface area (Å²) >= 11 is 0. The molecule has 1 amide bonds. The highest BCUT2D eigenvalue weighted by atomic mass is 19.4. The Morgan fingerprint density at radius 1 is 1.09 bits per heavy atom. The van der Waals surface area contributed by atoms with Gasteiger partial charge in [-0.2, -0.15) is 18.3 Å². The molecule has 1 aliphatic rings. The average molecular weight is 482 g/mol. The molecule has 1 saturated carbocycles. The molecule has 2 heterocycles. The molecule has 5 rings (SSSR count). The van der Waals surface area contributed by atoms with E-state index in [9.17, 15) is 22.4 Å². The first-order valence-electron chi connectivity index (χ1n) is 11.2. The SMILES string of the molecule is Cc1nn(Cc2ccc(F)cc2)c(C)c1NC(=O)c1cc(C2CC2)nc2ccc(C(F)(F)F)cc12. The zero-order chi connectivity index (χ0) is 24.9. The van der Waals surface area contributed by atoms with Crippen LogP contribution < -0.4 is 5.32 Å². The van der Waals surface area contributed by atoms with Crippen LogP contribution in [0.25, 0.3) is 10.9 Å². The highest BCUT2D eigenvalue weighted by molar-refractivity contribution is 6.13. The first kappa shape index (κ1) is 23.0. The van der Waals surface area contributed by atoms with Gasteiger partial charge >= 0.3 is 6.18 Å². The van der Waals surface area contributed by atoms with Gasteiger partial charge in [-0.05, 0) is 68.7 Å². The Morgan fingerprint density at radius 2 is 1.80 bits per heavy atom. The Kier molecular flexibility index (Phi) is 5.57. The van der Waals surface area contributed by atoms with Gasteiger partial charge in [-0.15, -0.1) is 0 Å². The van der Waals surface area contributed by atoms with E-state index in [2.05, 4.69) is 15.4 Å². The summed E-state index contributed by atoms with van der Waals surface area (Å²) < 4.78 is 55.0. The summed E-state index contributed by atoms with van der Waals surface area (Å²) in [5.41, 5.74) is 2.95. The molecule has 1 N–H and O–H groups in total. The van der Waals surface area contributed by atoms with Gasteiger partial charge in [-0.3, -0.25) is 14.5 Å². The molecule has 0 aliphatic heterocycles. The van der Waals surface area contributed by atoms with Gasteiger partial charge in [-0.25, -0.2) is 4.39 Å². The fourth-order valence-electron chi connectivity index (χ4n) is 4.17. The molecule has 0 saturated heterocycles. The second-order valence-electron chi connectivity index (χ2n) is 8.88. The van der Waals surface area contributed by atoms with Crippen LogP contribution in [0.15, 0.2) is 48.5 Å². The van der Waals surface area contributed by atoms with Crippen molar-refractivity contribution in [2.75, 3.05) is 5.32 Å². The van der Waals surface area contributed by atoms with E-state index in [4.69, 9.17) is 0 Å². The first-order chi connectivity index (χ1) is 16.6. The van der Waals surface area contributed by atoms with Crippen LogP contribution in [0.3, 0.4) is 0 Å². The molecule has 4 aromatic rings. The van der Waals surface area contributed by atoms with Crippen molar-refractivity contribution in [3.63, 3.8) is 0 Å². The summed E-state index contributed by atoms with van der Waals surface area (Å²) in [5.74, 6) is -0.639. The minimum Gasteiger partial charge on any atom is -0.319 e. The number of hydrogen-bond donors (Lipinski definition) is 1. The topological polar surface area (TPSA) is 59.8 Å². The van der Waals surface area contributed by atoms with Gasteiger partial charge in [0.25, 0.3) is 5.91 Å². The zero-order valence-electron chi connectivity index (χ0n) is 19.1. The van der Waals surface area contributed by atoms with Gasteiger partial charge in [0, 0.05) is 17.0 Å². The lowest BCUT2D eigenvalue weighted by Crippen LogP contribution is -2.15. The van der Waals surface area contributed by atoms with Crippen molar-refractivity contribution in [1.29, 1.82) is 0 Å². The molecule has 35 heavy (non-hydrogen) atoms. The molecule has 0 atom stereocenters. The second kappa shape index (κ2) is 8.48. The van der Waals surface area contributed by atoms with Crippen LogP contribution in [-0.2, 0) is 12.7 Å². The molecule has 0 unspecified atom stereocenters. The maximum atomic E-state index is 13.4. The van der Waals surface area contributed by atoms with E-state index in [0.717, 1.165) is 30.5 Å². The molecular formula is C26H22F4N4O. The number of nitrogens with one attached hydrogen (secondary N) is 1. The number of benzene rings is 2. The average Bonchev–Trinajstić information content (AvgIpc) is 3.63. The third-order valence-electron chi connectivity index (χ3n) is 6.26. The van der Waals surface area contributed by atoms with E-state index in [0.29, 0.717) is 34.8 Å². The number of carbonyl (C=O) groups is 1. The number of fused-ring (bicyclic) bond motifs is 1. The molecule has 9 heteroatoms. The van der Waals surface area contributed by atoms with Crippen LogP contribution in [0.4, 0.5) is 23.2 Å². The minimum atomic E-state index is -4.54. The second-order valence-corrected chi connectivity index (χ2v) is 8.88. The molecule has 5 nitrogen and oxygen atoms in total. The number of alkyl halides is 3. The summed E-state index contributed by atoms with van der Waals surface area (Å²) in [5, 5.41) is 7.49. The van der Waals surface area contributed by atoms with E-state index in [-0.39, 0.29) is 22.7 Å². The Balaban J connectivity index is 1.50. The fraction of sp³-hybridized carbons (Fsp3) is 0.269. The standard InChI is InChI=1S/C26H22F4N4O/c1-14-24(15(2)34(33-14)13-16-3-8-19(27)9-4-16)32-25(35)21-12-23(17-5-6-17)31-22-10-7-18(11-20(21)22)26(28,29)30/h3-4,7-12,17H,5-6,13H2,1-2H3,(H,32,35). The molecule has 2 aromatic carbocycles. The van der Waals surface area contributed by atoms with Crippen molar-refractivity contribution in [2.45, 2.75) is 45.3 Å². The lowest BCUT2D eigenvalue weighted by molar-refractivity contribution is -0.137. The van der Waals surface area contributed by atoms with Crippen molar-refractivity contribution in [2.24, 2.45) is 0 Å². The predicted octanol–water partition coefficient (Wildman–Crippen LogP) is 6.38. The lowest BCUT2D eigenvalue weighted by Gasteiger charge is -2.13. The third-order valence-corrected chi connectivity index (χ3v) is 6.26. The number of nitrogens with zero attached hydrogens (tertiary/aromatic N) is 3. The fourth-order valence-corrected chi connectivity index (χ4v) is 4.17. The molecule has 180 valence electrons. The van der Waals surface area contributed by atoms with Crippen LogP contribution in [0.2, 0.25) is 0 Å². The number of anilines is 1. The van der Waals surface area contributed by atoms with E-state index < -0.39 is 17.6 Å². The number of aryl methyl sites for hydroxylation is 1. The maximum absolute atomic E-state index is 13.4. The van der Waals surface area contributed by atoms with Crippen molar-refractivity contribution < 1.29 is 22.4 Å². The molecule has 1 fully saturated rings. The monoisotopic (exact) mass is 482 g/mol. The van der Waals surface area contributed by atoms with Crippen LogP contribution in [0, 0.1) is 19.7 Å². The Hall–Kier alpha value is -3.75. The number of aromatic nitrogens is 3. The first-order valence-corrected chi connectivity index (χ1v) is 11.2. The number of pyridine rings is 1. The molecular weight excluding hydrogens is 460 g/mol. The Bertz CT molecular complexity index is 1440. The van der Waals surface area contributed by atoms with Crippen molar-refractivity contribution in [3.05, 3.63) is 88.1 Å². The number of amides is 1. The smallest absolute Gasteiger partial charge is 0.319 e. The summed E-state index contributed by atoms with van der Waals surface area (Å²) in [6.07, 6.45) is -2.66. The summed E-state index contributed by atoms with van der Waals surface area (Å²) in [4.78, 5) is 17.9. The van der Waals surface area contributed by atoms with Crippen LogP contribution in [0.1, 0.15) is 57.3 Å². The Morgan fingerprint density at radius 3 is 2.46 bits per heavy atom. The highest BCUT2D eigenvalue weighted by Gasteiger charge is 2.32. The zero-order valence-corrected chi connectivity index (χ0v) is 19.1. The van der Waals surface area contributed by atoms with Crippen LogP contribution in [-0.4, -0.2) is 20.7 Å². The van der Waals surface area contributed by atoms with E-state index in [1.807, 2.05) is 0 Å². The van der Waals surface area contributed by atoms with Crippen molar-refractivity contribution in [3.8, 4) is 0 Å². The van der Waals surface area contributed by atoms with Crippen molar-refractivity contribution >= 4 is 22.5 Å². The number of rotatable bonds is 5. The van der Waals surface area contributed by atoms with Crippen LogP contribution >= 0.6 is 0 Å². The van der Waals surface area contributed by atoms with Crippen molar-refractivity contribution in [1.82, 2.24) is 14.8 Å². The highest BCUT2D eigenvalue weighted by Crippen LogP contribution is 2.41. The number of hydrogen-bond acceptors (Lipinski definition) is 3. The summed E-state index contributed by atoms with van der Waals surface area (Å²) in [6.45, 7) is 3.91. The number of carbonyl (C=O) groups excluding carboxylic acids is 1. The molecule has 1 aliphatic carbocycles. The van der Waals surface area contributed by atoms with Gasteiger partial charge < -0.3 is 5.32 Å². The molecule has 0 spiro atoms. The maximum Gasteiger partial charge on any atom is 0.416 e. The van der Waals surface area contributed by atoms with Gasteiger partial charge in [-0.1, -0.05) is 12.1 Å². The summed E-state index contributed by atoms with van der Waals surface area (Å²) in [6, 6.07) is 10.9. The molecule has 2 aromatic heterocycles. The number of halogens is 4. The van der Waals surface area contributed by atoms with Gasteiger partial charge in [0.15, 0.2) is 0 Å². The largest absolute Gasteiger partial charge is 0.416 e. The van der Waals surface area contributed by atoms with E-state index >= 15 is 0 Å². The summed E-state index contributed by atoms with van der Waals surface area (Å²) in [7, 11) is 0. The third kappa shape index (κ3) is 4.62. The van der Waals surface area contributed by atoms with E-state index in [1.165, 1.54) is 18.2 Å². The van der Waals surface area contributed by atoms with E-state index in [1.54, 1.807) is 36.7 Å². The lowest BCUT2D eigenvalue weighted by atomic mass is 10.0. The quantitative estimate of drug-likeness (QED) is 0.336. The van der Waals surface area contributed by atoms with Gasteiger partial charge in [0.1, 0.15) is 5.82 Å². The normalized spacial score (nSPS) is 13.9. The Labute approximate surface area is 198 Å². The minimum absolute atomic E-state index is 0.146. The van der Waals surface area contributed by atoms with Gasteiger partial charge in [0.05, 0.1) is 40.3 Å². The van der Waals surface area contributed by atoms with Crippen LogP contribution in [0.5, 0.6) is 0 Å².